The van der Waals surface area contributed by atoms with Crippen LogP contribution in [0, 0.1) is 6.92 Å². The lowest BCUT2D eigenvalue weighted by atomic mass is 10.3. The maximum absolute atomic E-state index is 11.0. The monoisotopic (exact) mass is 288 g/mol. The minimum Gasteiger partial charge on any atom is -0.484 e. The summed E-state index contributed by atoms with van der Waals surface area (Å²) in [6.45, 7) is 1.82. The van der Waals surface area contributed by atoms with Crippen LogP contribution < -0.4 is 4.74 Å². The standard InChI is InChI=1S/C10H9ClN2O4S/c1-7-12-10(17-13-7)6-16-8-2-4-9(5-3-8)18(11,14)15/h2-5H,6H2,1H3. The average molecular weight is 289 g/mol. The first-order valence-corrected chi connectivity index (χ1v) is 7.23. The third kappa shape index (κ3) is 3.21. The number of benzene rings is 1. The Kier molecular flexibility index (Phi) is 3.53. The number of halogens is 1. The molecule has 8 heteroatoms. The summed E-state index contributed by atoms with van der Waals surface area (Å²) in [6.07, 6.45) is 0. The lowest BCUT2D eigenvalue weighted by molar-refractivity contribution is 0.242. The minimum atomic E-state index is -3.71. The van der Waals surface area contributed by atoms with Crippen LogP contribution in [-0.2, 0) is 15.7 Å². The smallest absolute Gasteiger partial charge is 0.264 e. The maximum Gasteiger partial charge on any atom is 0.264 e. The molecule has 0 unspecified atom stereocenters. The molecule has 0 N–H and O–H groups in total. The van der Waals surface area contributed by atoms with Crippen LogP contribution in [0.5, 0.6) is 5.75 Å². The summed E-state index contributed by atoms with van der Waals surface area (Å²) in [5.74, 6) is 1.36. The molecule has 1 aromatic carbocycles. The maximum atomic E-state index is 11.0. The van der Waals surface area contributed by atoms with Gasteiger partial charge >= 0.3 is 0 Å². The van der Waals surface area contributed by atoms with Gasteiger partial charge in [0.25, 0.3) is 14.9 Å². The van der Waals surface area contributed by atoms with E-state index in [1.807, 2.05) is 0 Å². The number of hydrogen-bond acceptors (Lipinski definition) is 6. The van der Waals surface area contributed by atoms with Crippen LogP contribution in [0.15, 0.2) is 33.7 Å². The molecule has 0 bridgehead atoms. The van der Waals surface area contributed by atoms with Crippen LogP contribution in [0.25, 0.3) is 0 Å². The molecule has 0 spiro atoms. The van der Waals surface area contributed by atoms with Gasteiger partial charge in [-0.3, -0.25) is 0 Å². The van der Waals surface area contributed by atoms with Gasteiger partial charge in [0.1, 0.15) is 5.75 Å². The first-order chi connectivity index (χ1) is 8.45. The highest BCUT2D eigenvalue weighted by molar-refractivity contribution is 8.13. The van der Waals surface area contributed by atoms with Gasteiger partial charge in [-0.2, -0.15) is 4.98 Å². The summed E-state index contributed by atoms with van der Waals surface area (Å²) in [5.41, 5.74) is 0. The Morgan fingerprint density at radius 1 is 1.33 bits per heavy atom. The van der Waals surface area contributed by atoms with Crippen LogP contribution in [0.2, 0.25) is 0 Å². The highest BCUT2D eigenvalue weighted by atomic mass is 35.7. The second kappa shape index (κ2) is 4.95. The zero-order valence-electron chi connectivity index (χ0n) is 9.33. The number of ether oxygens (including phenoxy) is 1. The van der Waals surface area contributed by atoms with E-state index < -0.39 is 9.05 Å². The van der Waals surface area contributed by atoms with Gasteiger partial charge in [-0.15, -0.1) is 0 Å². The molecule has 0 radical (unpaired) electrons. The van der Waals surface area contributed by atoms with Crippen LogP contribution >= 0.6 is 10.7 Å². The Morgan fingerprint density at radius 3 is 2.50 bits per heavy atom. The van der Waals surface area contributed by atoms with Crippen molar-refractivity contribution >= 4 is 19.7 Å². The molecule has 0 aliphatic carbocycles. The van der Waals surface area contributed by atoms with Crippen LogP contribution in [0.3, 0.4) is 0 Å². The van der Waals surface area contributed by atoms with Crippen molar-refractivity contribution in [2.75, 3.05) is 0 Å². The number of aryl methyl sites for hydroxylation is 1. The number of rotatable bonds is 4. The van der Waals surface area contributed by atoms with Crippen molar-refractivity contribution in [3.8, 4) is 5.75 Å². The van der Waals surface area contributed by atoms with E-state index in [9.17, 15) is 8.42 Å². The Morgan fingerprint density at radius 2 is 2.00 bits per heavy atom. The molecule has 0 fully saturated rings. The molecule has 2 rings (SSSR count). The van der Waals surface area contributed by atoms with Gasteiger partial charge in [-0.05, 0) is 31.2 Å². The van der Waals surface area contributed by atoms with E-state index in [-0.39, 0.29) is 11.5 Å². The molecular formula is C10H9ClN2O4S. The second-order valence-corrected chi connectivity index (χ2v) is 6.00. The Balaban J connectivity index is 2.03. The van der Waals surface area contributed by atoms with Gasteiger partial charge in [-0.25, -0.2) is 8.42 Å². The molecule has 2 aromatic rings. The van der Waals surface area contributed by atoms with Crippen molar-refractivity contribution in [2.24, 2.45) is 0 Å². The van der Waals surface area contributed by atoms with E-state index in [4.69, 9.17) is 19.9 Å². The SMILES string of the molecule is Cc1noc(COc2ccc(S(=O)(=O)Cl)cc2)n1. The summed E-state index contributed by atoms with van der Waals surface area (Å²) in [5, 5.41) is 3.61. The van der Waals surface area contributed by atoms with Crippen LogP contribution in [-0.4, -0.2) is 18.6 Å². The molecule has 1 heterocycles. The normalized spacial score (nSPS) is 11.4. The Hall–Kier alpha value is -1.60. The zero-order chi connectivity index (χ0) is 13.2. The van der Waals surface area contributed by atoms with Gasteiger partial charge in [0.2, 0.25) is 0 Å². The summed E-state index contributed by atoms with van der Waals surface area (Å²) < 4.78 is 32.2. The fraction of sp³-hybridized carbons (Fsp3) is 0.200. The fourth-order valence-corrected chi connectivity index (χ4v) is 2.01. The van der Waals surface area contributed by atoms with Gasteiger partial charge in [0, 0.05) is 10.7 Å². The highest BCUT2D eigenvalue weighted by Crippen LogP contribution is 2.19. The molecular weight excluding hydrogens is 280 g/mol. The molecule has 18 heavy (non-hydrogen) atoms. The van der Waals surface area contributed by atoms with Crippen molar-refractivity contribution in [1.82, 2.24) is 10.1 Å². The highest BCUT2D eigenvalue weighted by Gasteiger charge is 2.09. The van der Waals surface area contributed by atoms with E-state index in [1.54, 1.807) is 6.92 Å². The van der Waals surface area contributed by atoms with Crippen LogP contribution in [0.1, 0.15) is 11.7 Å². The summed E-state index contributed by atoms with van der Waals surface area (Å²) in [6, 6.07) is 5.71. The number of aromatic nitrogens is 2. The van der Waals surface area contributed by atoms with Crippen molar-refractivity contribution in [3.05, 3.63) is 36.0 Å². The molecule has 0 saturated carbocycles. The largest absolute Gasteiger partial charge is 0.484 e. The number of nitrogens with zero attached hydrogens (tertiary/aromatic N) is 2. The van der Waals surface area contributed by atoms with Gasteiger partial charge < -0.3 is 9.26 Å². The van der Waals surface area contributed by atoms with Crippen molar-refractivity contribution in [3.63, 3.8) is 0 Å². The molecule has 0 atom stereocenters. The third-order valence-corrected chi connectivity index (χ3v) is 3.41. The molecule has 96 valence electrons. The van der Waals surface area contributed by atoms with E-state index in [0.29, 0.717) is 17.5 Å². The first kappa shape index (κ1) is 12.8. The molecule has 6 nitrogen and oxygen atoms in total. The van der Waals surface area contributed by atoms with Gasteiger partial charge in [0.15, 0.2) is 12.4 Å². The first-order valence-electron chi connectivity index (χ1n) is 4.92. The minimum absolute atomic E-state index is 0.0187. The predicted octanol–water partition coefficient (Wildman–Crippen LogP) is 1.88. The van der Waals surface area contributed by atoms with Crippen molar-refractivity contribution in [1.29, 1.82) is 0 Å². The topological polar surface area (TPSA) is 82.3 Å². The predicted molar refractivity (Wildman–Crippen MR) is 62.8 cm³/mol. The molecule has 0 aliphatic heterocycles. The second-order valence-electron chi connectivity index (χ2n) is 3.43. The number of hydrogen-bond donors (Lipinski definition) is 0. The van der Waals surface area contributed by atoms with E-state index in [2.05, 4.69) is 10.1 Å². The third-order valence-electron chi connectivity index (χ3n) is 2.04. The Labute approximate surface area is 108 Å². The van der Waals surface area contributed by atoms with Gasteiger partial charge in [0.05, 0.1) is 4.90 Å². The van der Waals surface area contributed by atoms with E-state index in [0.717, 1.165) is 0 Å². The van der Waals surface area contributed by atoms with Crippen molar-refractivity contribution < 1.29 is 17.7 Å². The molecule has 0 amide bonds. The fourth-order valence-electron chi connectivity index (χ4n) is 1.24. The lowest BCUT2D eigenvalue weighted by Crippen LogP contribution is -1.96. The summed E-state index contributed by atoms with van der Waals surface area (Å²) in [7, 11) is 1.48. The molecule has 0 saturated heterocycles. The Bertz CT molecular complexity index is 636. The average Bonchev–Trinajstić information content (AvgIpc) is 2.72. The molecule has 1 aromatic heterocycles. The quantitative estimate of drug-likeness (QED) is 0.799. The van der Waals surface area contributed by atoms with E-state index in [1.165, 1.54) is 24.3 Å². The van der Waals surface area contributed by atoms with Crippen LogP contribution in [0.4, 0.5) is 0 Å². The summed E-state index contributed by atoms with van der Waals surface area (Å²) in [4.78, 5) is 3.98. The zero-order valence-corrected chi connectivity index (χ0v) is 10.9. The van der Waals surface area contributed by atoms with E-state index >= 15 is 0 Å². The lowest BCUT2D eigenvalue weighted by Gasteiger charge is -2.03. The summed E-state index contributed by atoms with van der Waals surface area (Å²) >= 11 is 0. The molecule has 0 aliphatic rings. The van der Waals surface area contributed by atoms with Gasteiger partial charge in [-0.1, -0.05) is 5.16 Å². The van der Waals surface area contributed by atoms with Crippen molar-refractivity contribution in [2.45, 2.75) is 18.4 Å².